The fraction of sp³-hybridized carbons (Fsp3) is 0.412. The van der Waals surface area contributed by atoms with Crippen molar-refractivity contribution in [1.29, 1.82) is 0 Å². The van der Waals surface area contributed by atoms with Crippen LogP contribution in [-0.4, -0.2) is 27.4 Å². The fourth-order valence-electron chi connectivity index (χ4n) is 2.55. The number of nitrogens with one attached hydrogen (secondary N) is 2. The van der Waals surface area contributed by atoms with E-state index in [2.05, 4.69) is 27.2 Å². The Morgan fingerprint density at radius 2 is 2.08 bits per heavy atom. The molecule has 0 saturated carbocycles. The monoisotopic (exact) mass is 376 g/mol. The lowest BCUT2D eigenvalue weighted by atomic mass is 10.2. The maximum Gasteiger partial charge on any atom is 0.270 e. The number of rotatable bonds is 6. The van der Waals surface area contributed by atoms with E-state index in [1.807, 2.05) is 13.8 Å². The summed E-state index contributed by atoms with van der Waals surface area (Å²) in [5.41, 5.74) is 1.33. The molecule has 0 fully saturated rings. The molecule has 6 nitrogen and oxygen atoms in total. The Morgan fingerprint density at radius 1 is 1.28 bits per heavy atom. The van der Waals surface area contributed by atoms with Gasteiger partial charge >= 0.3 is 0 Å². The number of carbonyl (C=O) groups is 1. The molecule has 2 N–H and O–H groups in total. The summed E-state index contributed by atoms with van der Waals surface area (Å²) in [5, 5.41) is 6.26. The fourth-order valence-corrected chi connectivity index (χ4v) is 4.48. The predicted octanol–water partition coefficient (Wildman–Crippen LogP) is 2.98. The zero-order chi connectivity index (χ0) is 18.0. The third-order valence-electron chi connectivity index (χ3n) is 3.98. The Bertz CT molecular complexity index is 971. The van der Waals surface area contributed by atoms with Crippen molar-refractivity contribution in [2.75, 3.05) is 6.54 Å². The van der Waals surface area contributed by atoms with Crippen LogP contribution in [0.3, 0.4) is 0 Å². The number of fused-ring (bicyclic) bond motifs is 1. The Labute approximate surface area is 153 Å². The maximum atomic E-state index is 12.2. The van der Waals surface area contributed by atoms with Crippen LogP contribution in [0.1, 0.15) is 45.1 Å². The predicted molar refractivity (Wildman–Crippen MR) is 102 cm³/mol. The Kier molecular flexibility index (Phi) is 5.29. The lowest BCUT2D eigenvalue weighted by Gasteiger charge is -2.03. The molecule has 3 aromatic rings. The molecule has 0 saturated heterocycles. The Balaban J connectivity index is 1.64. The maximum absolute atomic E-state index is 12.2. The SMILES string of the molecule is CCCc1nc(C(=O)NCCc2nc3sc(C)c(C)c3c(=O)[nH]2)cs1. The van der Waals surface area contributed by atoms with E-state index in [0.717, 1.165) is 33.1 Å². The van der Waals surface area contributed by atoms with Crippen molar-refractivity contribution in [3.05, 3.63) is 42.7 Å². The van der Waals surface area contributed by atoms with Crippen molar-refractivity contribution >= 4 is 38.8 Å². The quantitative estimate of drug-likeness (QED) is 0.692. The first-order chi connectivity index (χ1) is 12.0. The molecule has 0 aliphatic carbocycles. The smallest absolute Gasteiger partial charge is 0.270 e. The molecule has 0 aromatic carbocycles. The summed E-state index contributed by atoms with van der Waals surface area (Å²) in [4.78, 5) is 37.9. The molecular weight excluding hydrogens is 356 g/mol. The first-order valence-corrected chi connectivity index (χ1v) is 9.90. The van der Waals surface area contributed by atoms with Gasteiger partial charge in [-0.3, -0.25) is 9.59 Å². The molecule has 0 spiro atoms. The lowest BCUT2D eigenvalue weighted by Crippen LogP contribution is -2.27. The van der Waals surface area contributed by atoms with Crippen LogP contribution >= 0.6 is 22.7 Å². The third-order valence-corrected chi connectivity index (χ3v) is 5.99. The van der Waals surface area contributed by atoms with Crippen LogP contribution in [0.2, 0.25) is 0 Å². The van der Waals surface area contributed by atoms with E-state index in [1.54, 1.807) is 5.38 Å². The van der Waals surface area contributed by atoms with Gasteiger partial charge in [-0.15, -0.1) is 22.7 Å². The molecule has 25 heavy (non-hydrogen) atoms. The number of H-pyrrole nitrogens is 1. The first-order valence-electron chi connectivity index (χ1n) is 8.21. The van der Waals surface area contributed by atoms with E-state index in [-0.39, 0.29) is 11.5 Å². The van der Waals surface area contributed by atoms with E-state index in [0.29, 0.717) is 29.9 Å². The second-order valence-corrected chi connectivity index (χ2v) is 8.00. The number of nitrogens with zero attached hydrogens (tertiary/aromatic N) is 2. The van der Waals surface area contributed by atoms with Crippen molar-refractivity contribution in [1.82, 2.24) is 20.3 Å². The van der Waals surface area contributed by atoms with Gasteiger partial charge in [0.15, 0.2) is 0 Å². The molecule has 0 aliphatic heterocycles. The van der Waals surface area contributed by atoms with Crippen LogP contribution in [0.4, 0.5) is 0 Å². The van der Waals surface area contributed by atoms with E-state index in [1.165, 1.54) is 22.7 Å². The van der Waals surface area contributed by atoms with Crippen molar-refractivity contribution in [2.24, 2.45) is 0 Å². The standard InChI is InChI=1S/C17H20N4O2S2/c1-4-5-13-19-11(8-24-13)15(22)18-7-6-12-20-16(23)14-9(2)10(3)25-17(14)21-12/h8H,4-7H2,1-3H3,(H,18,22)(H,20,21,23). The van der Waals surface area contributed by atoms with Gasteiger partial charge in [0.1, 0.15) is 16.3 Å². The largest absolute Gasteiger partial charge is 0.350 e. The van der Waals surface area contributed by atoms with Crippen molar-refractivity contribution in [3.63, 3.8) is 0 Å². The highest BCUT2D eigenvalue weighted by Gasteiger charge is 2.13. The number of thiazole rings is 1. The number of aromatic amines is 1. The third kappa shape index (κ3) is 3.80. The van der Waals surface area contributed by atoms with Crippen molar-refractivity contribution in [3.8, 4) is 0 Å². The summed E-state index contributed by atoms with van der Waals surface area (Å²) in [7, 11) is 0. The van der Waals surface area contributed by atoms with Gasteiger partial charge in [0.2, 0.25) is 0 Å². The van der Waals surface area contributed by atoms with Crippen molar-refractivity contribution in [2.45, 2.75) is 40.0 Å². The second-order valence-electron chi connectivity index (χ2n) is 5.86. The highest BCUT2D eigenvalue weighted by molar-refractivity contribution is 7.18. The minimum absolute atomic E-state index is 0.114. The van der Waals surface area contributed by atoms with Gasteiger partial charge in [-0.25, -0.2) is 9.97 Å². The van der Waals surface area contributed by atoms with E-state index in [4.69, 9.17) is 0 Å². The second kappa shape index (κ2) is 7.45. The highest BCUT2D eigenvalue weighted by atomic mass is 32.1. The molecule has 3 aromatic heterocycles. The summed E-state index contributed by atoms with van der Waals surface area (Å²) < 4.78 is 0. The molecule has 0 bridgehead atoms. The number of carbonyl (C=O) groups excluding carboxylic acids is 1. The molecule has 0 atom stereocenters. The lowest BCUT2D eigenvalue weighted by molar-refractivity contribution is 0.0949. The van der Waals surface area contributed by atoms with Crippen LogP contribution in [-0.2, 0) is 12.8 Å². The molecule has 1 amide bonds. The van der Waals surface area contributed by atoms with E-state index < -0.39 is 0 Å². The molecule has 8 heteroatoms. The molecule has 132 valence electrons. The highest BCUT2D eigenvalue weighted by Crippen LogP contribution is 2.25. The average Bonchev–Trinajstić information content (AvgIpc) is 3.13. The molecule has 0 unspecified atom stereocenters. The van der Waals surface area contributed by atoms with Gasteiger partial charge in [-0.05, 0) is 32.3 Å². The van der Waals surface area contributed by atoms with Gasteiger partial charge in [0.05, 0.1) is 10.4 Å². The van der Waals surface area contributed by atoms with Gasteiger partial charge in [0.25, 0.3) is 11.5 Å². The van der Waals surface area contributed by atoms with E-state index in [9.17, 15) is 9.59 Å². The Morgan fingerprint density at radius 3 is 2.84 bits per heavy atom. The van der Waals surface area contributed by atoms with Crippen LogP contribution in [0.5, 0.6) is 0 Å². The summed E-state index contributed by atoms with van der Waals surface area (Å²) >= 11 is 3.03. The molecule has 0 aliphatic rings. The molecule has 3 heterocycles. The number of aryl methyl sites for hydroxylation is 3. The van der Waals surface area contributed by atoms with Crippen LogP contribution in [0.15, 0.2) is 10.2 Å². The van der Waals surface area contributed by atoms with Gasteiger partial charge < -0.3 is 10.3 Å². The zero-order valence-electron chi connectivity index (χ0n) is 14.4. The number of aromatic nitrogens is 3. The zero-order valence-corrected chi connectivity index (χ0v) is 16.1. The number of amides is 1. The summed E-state index contributed by atoms with van der Waals surface area (Å²) in [6.07, 6.45) is 2.37. The van der Waals surface area contributed by atoms with Gasteiger partial charge in [-0.2, -0.15) is 0 Å². The minimum atomic E-state index is -0.190. The number of hydrogen-bond donors (Lipinski definition) is 2. The normalized spacial score (nSPS) is 11.2. The molecule has 3 rings (SSSR count). The topological polar surface area (TPSA) is 87.7 Å². The minimum Gasteiger partial charge on any atom is -0.350 e. The number of hydrogen-bond acceptors (Lipinski definition) is 6. The van der Waals surface area contributed by atoms with Crippen LogP contribution < -0.4 is 10.9 Å². The van der Waals surface area contributed by atoms with Gasteiger partial charge in [0, 0.05) is 23.2 Å². The average molecular weight is 377 g/mol. The molecular formula is C17H20N4O2S2. The summed E-state index contributed by atoms with van der Waals surface area (Å²) in [6.45, 7) is 6.41. The number of thiophene rings is 1. The van der Waals surface area contributed by atoms with Crippen LogP contribution in [0, 0.1) is 13.8 Å². The Hall–Kier alpha value is -2.06. The van der Waals surface area contributed by atoms with Gasteiger partial charge in [-0.1, -0.05) is 6.92 Å². The summed E-state index contributed by atoms with van der Waals surface area (Å²) in [6, 6.07) is 0. The summed E-state index contributed by atoms with van der Waals surface area (Å²) in [5.74, 6) is 0.397. The molecule has 0 radical (unpaired) electrons. The van der Waals surface area contributed by atoms with Crippen molar-refractivity contribution < 1.29 is 4.79 Å². The first kappa shape index (κ1) is 17.8. The van der Waals surface area contributed by atoms with Crippen LogP contribution in [0.25, 0.3) is 10.2 Å². The van der Waals surface area contributed by atoms with E-state index >= 15 is 0 Å².